The van der Waals surface area contributed by atoms with Gasteiger partial charge in [-0.15, -0.1) is 0 Å². The van der Waals surface area contributed by atoms with E-state index in [2.05, 4.69) is 31.1 Å². The summed E-state index contributed by atoms with van der Waals surface area (Å²) in [6, 6.07) is 2.39. The van der Waals surface area contributed by atoms with Crippen molar-refractivity contribution in [1.82, 2.24) is 10.2 Å². The van der Waals surface area contributed by atoms with Gasteiger partial charge in [0.1, 0.15) is 0 Å². The van der Waals surface area contributed by atoms with Gasteiger partial charge < -0.3 is 5.32 Å². The van der Waals surface area contributed by atoms with Gasteiger partial charge >= 0.3 is 0 Å². The summed E-state index contributed by atoms with van der Waals surface area (Å²) in [6.07, 6.45) is 11.2. The zero-order valence-corrected chi connectivity index (χ0v) is 12.6. The van der Waals surface area contributed by atoms with Crippen LogP contribution in [0, 0.1) is 5.92 Å². The van der Waals surface area contributed by atoms with Crippen LogP contribution in [-0.4, -0.2) is 36.6 Å². The first-order valence-electron chi connectivity index (χ1n) is 8.17. The van der Waals surface area contributed by atoms with Crippen LogP contribution in [-0.2, 0) is 0 Å². The SMILES string of the molecule is CCCNC1CCC(C)CC1N(C)C1CCCC1. The molecule has 3 unspecified atom stereocenters. The molecule has 106 valence electrons. The lowest BCUT2D eigenvalue weighted by atomic mass is 9.82. The normalized spacial score (nSPS) is 34.3. The summed E-state index contributed by atoms with van der Waals surface area (Å²) in [4.78, 5) is 2.73. The summed E-state index contributed by atoms with van der Waals surface area (Å²) < 4.78 is 0. The van der Waals surface area contributed by atoms with Crippen LogP contribution in [0.25, 0.3) is 0 Å². The number of rotatable bonds is 5. The van der Waals surface area contributed by atoms with Crippen molar-refractivity contribution in [3.63, 3.8) is 0 Å². The molecule has 2 saturated carbocycles. The maximum atomic E-state index is 3.80. The third kappa shape index (κ3) is 3.48. The van der Waals surface area contributed by atoms with Crippen LogP contribution < -0.4 is 5.32 Å². The molecule has 0 amide bonds. The molecule has 2 nitrogen and oxygen atoms in total. The Hall–Kier alpha value is -0.0800. The molecule has 0 bridgehead atoms. The molecule has 3 atom stereocenters. The Balaban J connectivity index is 1.94. The second-order valence-electron chi connectivity index (χ2n) is 6.65. The van der Waals surface area contributed by atoms with Crippen LogP contribution in [0.15, 0.2) is 0 Å². The first-order valence-corrected chi connectivity index (χ1v) is 8.17. The minimum atomic E-state index is 0.742. The Morgan fingerprint density at radius 1 is 1.11 bits per heavy atom. The highest BCUT2D eigenvalue weighted by Gasteiger charge is 2.34. The molecule has 2 heteroatoms. The Bertz CT molecular complexity index is 233. The molecule has 2 fully saturated rings. The van der Waals surface area contributed by atoms with Gasteiger partial charge in [-0.3, -0.25) is 4.90 Å². The summed E-state index contributed by atoms with van der Waals surface area (Å²) in [5.41, 5.74) is 0. The molecular formula is C16H32N2. The second-order valence-corrected chi connectivity index (χ2v) is 6.65. The molecule has 0 spiro atoms. The van der Waals surface area contributed by atoms with Crippen molar-refractivity contribution >= 4 is 0 Å². The van der Waals surface area contributed by atoms with Gasteiger partial charge in [0.05, 0.1) is 0 Å². The highest BCUT2D eigenvalue weighted by atomic mass is 15.2. The standard InChI is InChI=1S/C16H32N2/c1-4-11-17-15-10-9-13(2)12-16(15)18(3)14-7-5-6-8-14/h13-17H,4-12H2,1-3H3. The van der Waals surface area contributed by atoms with Gasteiger partial charge in [-0.05, 0) is 58.0 Å². The van der Waals surface area contributed by atoms with E-state index in [1.807, 2.05) is 0 Å². The summed E-state index contributed by atoms with van der Waals surface area (Å²) in [6.45, 7) is 5.90. The number of hydrogen-bond donors (Lipinski definition) is 1. The van der Waals surface area contributed by atoms with Crippen molar-refractivity contribution in [3.8, 4) is 0 Å². The molecule has 0 aromatic rings. The van der Waals surface area contributed by atoms with Crippen molar-refractivity contribution < 1.29 is 0 Å². The Morgan fingerprint density at radius 2 is 1.83 bits per heavy atom. The Morgan fingerprint density at radius 3 is 2.50 bits per heavy atom. The van der Waals surface area contributed by atoms with E-state index in [-0.39, 0.29) is 0 Å². The first-order chi connectivity index (χ1) is 8.72. The van der Waals surface area contributed by atoms with Crippen LogP contribution >= 0.6 is 0 Å². The monoisotopic (exact) mass is 252 g/mol. The number of nitrogens with one attached hydrogen (secondary N) is 1. The summed E-state index contributed by atoms with van der Waals surface area (Å²) >= 11 is 0. The van der Waals surface area contributed by atoms with E-state index in [4.69, 9.17) is 0 Å². The van der Waals surface area contributed by atoms with E-state index < -0.39 is 0 Å². The Kier molecular flexibility index (Phi) is 5.50. The molecule has 2 aliphatic rings. The van der Waals surface area contributed by atoms with Gasteiger partial charge in [0.2, 0.25) is 0 Å². The summed E-state index contributed by atoms with van der Waals surface area (Å²) in [5.74, 6) is 0.915. The van der Waals surface area contributed by atoms with Crippen molar-refractivity contribution in [3.05, 3.63) is 0 Å². The largest absolute Gasteiger partial charge is 0.312 e. The van der Waals surface area contributed by atoms with E-state index in [0.29, 0.717) is 0 Å². The van der Waals surface area contributed by atoms with Crippen LogP contribution in [0.4, 0.5) is 0 Å². The molecule has 0 radical (unpaired) electrons. The van der Waals surface area contributed by atoms with Crippen LogP contribution in [0.3, 0.4) is 0 Å². The zero-order chi connectivity index (χ0) is 13.0. The van der Waals surface area contributed by atoms with Crippen molar-refractivity contribution in [2.75, 3.05) is 13.6 Å². The molecule has 0 heterocycles. The predicted octanol–water partition coefficient (Wildman–Crippen LogP) is 3.42. The van der Waals surface area contributed by atoms with E-state index >= 15 is 0 Å². The van der Waals surface area contributed by atoms with Gasteiger partial charge in [-0.1, -0.05) is 26.7 Å². The third-order valence-electron chi connectivity index (χ3n) is 5.16. The molecule has 2 rings (SSSR count). The fourth-order valence-electron chi connectivity index (χ4n) is 3.95. The first kappa shape index (κ1) is 14.3. The molecule has 18 heavy (non-hydrogen) atoms. The second kappa shape index (κ2) is 6.91. The molecule has 0 aliphatic heterocycles. The quantitative estimate of drug-likeness (QED) is 0.806. The van der Waals surface area contributed by atoms with Crippen molar-refractivity contribution in [1.29, 1.82) is 0 Å². The lowest BCUT2D eigenvalue weighted by molar-refractivity contribution is 0.0892. The van der Waals surface area contributed by atoms with Crippen molar-refractivity contribution in [2.24, 2.45) is 5.92 Å². The fourth-order valence-corrected chi connectivity index (χ4v) is 3.95. The van der Waals surface area contributed by atoms with E-state index in [1.165, 1.54) is 57.9 Å². The van der Waals surface area contributed by atoms with E-state index in [1.54, 1.807) is 0 Å². The maximum Gasteiger partial charge on any atom is 0.0251 e. The number of hydrogen-bond acceptors (Lipinski definition) is 2. The predicted molar refractivity (Wildman–Crippen MR) is 78.9 cm³/mol. The van der Waals surface area contributed by atoms with Gasteiger partial charge in [0.25, 0.3) is 0 Å². The Labute approximate surface area is 114 Å². The van der Waals surface area contributed by atoms with Crippen molar-refractivity contribution in [2.45, 2.75) is 83.3 Å². The van der Waals surface area contributed by atoms with Gasteiger partial charge in [0, 0.05) is 18.1 Å². The summed E-state index contributed by atoms with van der Waals surface area (Å²) in [5, 5.41) is 3.80. The molecule has 0 aromatic carbocycles. The zero-order valence-electron chi connectivity index (χ0n) is 12.6. The molecule has 2 aliphatic carbocycles. The lowest BCUT2D eigenvalue weighted by Gasteiger charge is -2.43. The van der Waals surface area contributed by atoms with Gasteiger partial charge in [-0.2, -0.15) is 0 Å². The van der Waals surface area contributed by atoms with Crippen LogP contribution in [0.1, 0.15) is 65.2 Å². The smallest absolute Gasteiger partial charge is 0.0251 e. The van der Waals surface area contributed by atoms with Gasteiger partial charge in [-0.25, -0.2) is 0 Å². The van der Waals surface area contributed by atoms with E-state index in [0.717, 1.165) is 24.0 Å². The maximum absolute atomic E-state index is 3.80. The topological polar surface area (TPSA) is 15.3 Å². The highest BCUT2D eigenvalue weighted by Crippen LogP contribution is 2.32. The highest BCUT2D eigenvalue weighted by molar-refractivity contribution is 4.92. The minimum Gasteiger partial charge on any atom is -0.312 e. The van der Waals surface area contributed by atoms with Gasteiger partial charge in [0.15, 0.2) is 0 Å². The van der Waals surface area contributed by atoms with E-state index in [9.17, 15) is 0 Å². The minimum absolute atomic E-state index is 0.742. The molecule has 1 N–H and O–H groups in total. The number of nitrogens with zero attached hydrogens (tertiary/aromatic N) is 1. The summed E-state index contributed by atoms with van der Waals surface area (Å²) in [7, 11) is 2.39. The molecule has 0 aromatic heterocycles. The van der Waals surface area contributed by atoms with Crippen LogP contribution in [0.5, 0.6) is 0 Å². The average molecular weight is 252 g/mol. The number of likely N-dealkylation sites (N-methyl/N-ethyl adjacent to an activating group) is 1. The fraction of sp³-hybridized carbons (Fsp3) is 1.00. The lowest BCUT2D eigenvalue weighted by Crippen LogP contribution is -2.54. The molecule has 0 saturated heterocycles. The van der Waals surface area contributed by atoms with Crippen LogP contribution in [0.2, 0.25) is 0 Å². The third-order valence-corrected chi connectivity index (χ3v) is 5.16. The molecular weight excluding hydrogens is 220 g/mol. The average Bonchev–Trinajstić information content (AvgIpc) is 2.90.